The van der Waals surface area contributed by atoms with Gasteiger partial charge in [0.1, 0.15) is 0 Å². The Balaban J connectivity index is 1.34. The van der Waals surface area contributed by atoms with Crippen molar-refractivity contribution >= 4 is 17.5 Å². The van der Waals surface area contributed by atoms with Crippen molar-refractivity contribution in [2.24, 2.45) is 0 Å². The Kier molecular flexibility index (Phi) is 5.74. The molecule has 1 amide bonds. The van der Waals surface area contributed by atoms with Crippen LogP contribution in [0.5, 0.6) is 0 Å². The largest absolute Gasteiger partial charge is 0.348 e. The minimum absolute atomic E-state index is 0.0995. The third-order valence-electron chi connectivity index (χ3n) is 5.66. The summed E-state index contributed by atoms with van der Waals surface area (Å²) in [5.41, 5.74) is 1.69. The first-order chi connectivity index (χ1) is 13.2. The Bertz CT molecular complexity index is 769. The van der Waals surface area contributed by atoms with Gasteiger partial charge in [-0.2, -0.15) is 0 Å². The second-order valence-electron chi connectivity index (χ2n) is 7.67. The summed E-state index contributed by atoms with van der Waals surface area (Å²) in [7, 11) is 0. The van der Waals surface area contributed by atoms with Crippen LogP contribution in [0.25, 0.3) is 0 Å². The number of hydrogen-bond donors (Lipinski definition) is 1. The highest BCUT2D eigenvalue weighted by Gasteiger charge is 2.26. The topological polar surface area (TPSA) is 63.1 Å². The number of amides is 1. The molecule has 6 nitrogen and oxygen atoms in total. The number of aromatic nitrogens is 3. The van der Waals surface area contributed by atoms with E-state index >= 15 is 0 Å². The lowest BCUT2D eigenvalue weighted by molar-refractivity contribution is 0.0932. The van der Waals surface area contributed by atoms with E-state index in [4.69, 9.17) is 11.6 Å². The third-order valence-corrected chi connectivity index (χ3v) is 5.91. The molecule has 0 unspecified atom stereocenters. The fourth-order valence-electron chi connectivity index (χ4n) is 4.17. The number of nitrogens with one attached hydrogen (secondary N) is 1. The monoisotopic (exact) mass is 387 g/mol. The van der Waals surface area contributed by atoms with Crippen LogP contribution in [0.4, 0.5) is 0 Å². The molecule has 1 aromatic carbocycles. The number of carbonyl (C=O) groups excluding carboxylic acids is 1. The Morgan fingerprint density at radius 3 is 2.70 bits per heavy atom. The lowest BCUT2D eigenvalue weighted by Crippen LogP contribution is -2.33. The maximum Gasteiger partial charge on any atom is 0.273 e. The number of likely N-dealkylation sites (tertiary alicyclic amines) is 1. The van der Waals surface area contributed by atoms with Crippen LogP contribution < -0.4 is 5.32 Å². The molecule has 2 aromatic rings. The van der Waals surface area contributed by atoms with Crippen LogP contribution >= 0.6 is 11.6 Å². The quantitative estimate of drug-likeness (QED) is 0.826. The number of benzene rings is 1. The molecule has 1 aromatic heterocycles. The molecule has 2 heterocycles. The molecule has 0 spiro atoms. The molecule has 2 fully saturated rings. The number of halogens is 1. The first kappa shape index (κ1) is 18.4. The lowest BCUT2D eigenvalue weighted by Gasteiger charge is -2.24. The van der Waals surface area contributed by atoms with E-state index in [0.29, 0.717) is 17.8 Å². The zero-order chi connectivity index (χ0) is 18.6. The molecule has 144 valence electrons. The fraction of sp³-hybridized carbons (Fsp3) is 0.550. The maximum absolute atomic E-state index is 12.3. The van der Waals surface area contributed by atoms with Crippen molar-refractivity contribution in [1.29, 1.82) is 0 Å². The van der Waals surface area contributed by atoms with Gasteiger partial charge in [-0.05, 0) is 49.9 Å². The van der Waals surface area contributed by atoms with Crippen molar-refractivity contribution in [3.05, 3.63) is 46.7 Å². The Hall–Kier alpha value is -1.92. The highest BCUT2D eigenvalue weighted by molar-refractivity contribution is 6.30. The Labute approximate surface area is 164 Å². The molecule has 27 heavy (non-hydrogen) atoms. The standard InChI is InChI=1S/C20H26ClN5O/c21-16-9-7-15(8-10-16)12-25-11-3-6-18(25)13-26-14-19(23-24-26)20(27)22-17-4-1-2-5-17/h7-10,14,17-18H,1-6,11-13H2,(H,22,27)/t18-/m0/s1. The van der Waals surface area contributed by atoms with Gasteiger partial charge < -0.3 is 5.32 Å². The van der Waals surface area contributed by atoms with Gasteiger partial charge in [0.2, 0.25) is 0 Å². The zero-order valence-corrected chi connectivity index (χ0v) is 16.2. The number of carbonyl (C=O) groups is 1. The first-order valence-electron chi connectivity index (χ1n) is 9.87. The average Bonchev–Trinajstić information content (AvgIpc) is 3.40. The Morgan fingerprint density at radius 1 is 1.15 bits per heavy atom. The van der Waals surface area contributed by atoms with Crippen LogP contribution in [0.3, 0.4) is 0 Å². The van der Waals surface area contributed by atoms with Crippen LogP contribution in [-0.2, 0) is 13.1 Å². The van der Waals surface area contributed by atoms with Crippen molar-refractivity contribution in [3.8, 4) is 0 Å². The van der Waals surface area contributed by atoms with Gasteiger partial charge in [-0.3, -0.25) is 14.4 Å². The second kappa shape index (κ2) is 8.40. The summed E-state index contributed by atoms with van der Waals surface area (Å²) in [5.74, 6) is -0.0995. The van der Waals surface area contributed by atoms with Crippen LogP contribution in [0, 0.1) is 0 Å². The van der Waals surface area contributed by atoms with E-state index in [1.165, 1.54) is 24.8 Å². The minimum Gasteiger partial charge on any atom is -0.348 e. The van der Waals surface area contributed by atoms with Crippen molar-refractivity contribution < 1.29 is 4.79 Å². The number of hydrogen-bond acceptors (Lipinski definition) is 4. The highest BCUT2D eigenvalue weighted by Crippen LogP contribution is 2.22. The summed E-state index contributed by atoms with van der Waals surface area (Å²) in [5, 5.41) is 12.1. The van der Waals surface area contributed by atoms with Gasteiger partial charge in [0.15, 0.2) is 5.69 Å². The Morgan fingerprint density at radius 2 is 1.93 bits per heavy atom. The molecule has 4 rings (SSSR count). The van der Waals surface area contributed by atoms with Gasteiger partial charge in [-0.1, -0.05) is 41.8 Å². The molecule has 1 aliphatic carbocycles. The van der Waals surface area contributed by atoms with E-state index in [9.17, 15) is 4.79 Å². The number of rotatable bonds is 6. The van der Waals surface area contributed by atoms with Crippen molar-refractivity contribution in [1.82, 2.24) is 25.2 Å². The van der Waals surface area contributed by atoms with Gasteiger partial charge in [0.25, 0.3) is 5.91 Å². The van der Waals surface area contributed by atoms with Gasteiger partial charge >= 0.3 is 0 Å². The molecule has 1 N–H and O–H groups in total. The third kappa shape index (κ3) is 4.68. The molecule has 0 radical (unpaired) electrons. The SMILES string of the molecule is O=C(NC1CCCC1)c1cn(C[C@@H]2CCCN2Cc2ccc(Cl)cc2)nn1. The molecule has 0 bridgehead atoms. The average molecular weight is 388 g/mol. The van der Waals surface area contributed by atoms with Gasteiger partial charge in [-0.25, -0.2) is 0 Å². The summed E-state index contributed by atoms with van der Waals surface area (Å²) in [6, 6.07) is 8.75. The fourth-order valence-corrected chi connectivity index (χ4v) is 4.30. The molecule has 7 heteroatoms. The van der Waals surface area contributed by atoms with Crippen molar-refractivity contribution in [2.75, 3.05) is 6.54 Å². The molecule has 1 saturated carbocycles. The summed E-state index contributed by atoms with van der Waals surface area (Å²) >= 11 is 5.98. The van der Waals surface area contributed by atoms with Gasteiger partial charge in [0, 0.05) is 23.7 Å². The summed E-state index contributed by atoms with van der Waals surface area (Å²) in [4.78, 5) is 14.8. The van der Waals surface area contributed by atoms with E-state index in [-0.39, 0.29) is 5.91 Å². The summed E-state index contributed by atoms with van der Waals surface area (Å²) in [6.45, 7) is 2.75. The minimum atomic E-state index is -0.0995. The molecular weight excluding hydrogens is 362 g/mol. The van der Waals surface area contributed by atoms with Crippen molar-refractivity contribution in [3.63, 3.8) is 0 Å². The molecular formula is C20H26ClN5O. The van der Waals surface area contributed by atoms with E-state index in [1.54, 1.807) is 6.20 Å². The van der Waals surface area contributed by atoms with E-state index in [0.717, 1.165) is 43.9 Å². The predicted molar refractivity (Wildman–Crippen MR) is 105 cm³/mol. The molecule has 1 atom stereocenters. The van der Waals surface area contributed by atoms with Crippen LogP contribution in [0.2, 0.25) is 5.02 Å². The lowest BCUT2D eigenvalue weighted by atomic mass is 10.2. The molecule has 2 aliphatic rings. The smallest absolute Gasteiger partial charge is 0.273 e. The predicted octanol–water partition coefficient (Wildman–Crippen LogP) is 3.27. The van der Waals surface area contributed by atoms with E-state index in [2.05, 4.69) is 32.7 Å². The van der Waals surface area contributed by atoms with Crippen LogP contribution in [-0.4, -0.2) is 44.4 Å². The summed E-state index contributed by atoms with van der Waals surface area (Å²) < 4.78 is 1.81. The van der Waals surface area contributed by atoms with Crippen LogP contribution in [0.15, 0.2) is 30.5 Å². The highest BCUT2D eigenvalue weighted by atomic mass is 35.5. The van der Waals surface area contributed by atoms with E-state index < -0.39 is 0 Å². The van der Waals surface area contributed by atoms with Gasteiger partial charge in [0.05, 0.1) is 12.7 Å². The second-order valence-corrected chi connectivity index (χ2v) is 8.11. The van der Waals surface area contributed by atoms with Crippen LogP contribution in [0.1, 0.15) is 54.6 Å². The van der Waals surface area contributed by atoms with E-state index in [1.807, 2.05) is 16.8 Å². The molecule has 1 aliphatic heterocycles. The normalized spacial score (nSPS) is 21.0. The van der Waals surface area contributed by atoms with Crippen molar-refractivity contribution in [2.45, 2.75) is 63.7 Å². The first-order valence-corrected chi connectivity index (χ1v) is 10.2. The maximum atomic E-state index is 12.3. The summed E-state index contributed by atoms with van der Waals surface area (Å²) in [6.07, 6.45) is 8.64. The number of nitrogens with zero attached hydrogens (tertiary/aromatic N) is 4. The van der Waals surface area contributed by atoms with Gasteiger partial charge in [-0.15, -0.1) is 5.10 Å². The molecule has 1 saturated heterocycles. The zero-order valence-electron chi connectivity index (χ0n) is 15.5.